The van der Waals surface area contributed by atoms with Gasteiger partial charge in [-0.2, -0.15) is 0 Å². The summed E-state index contributed by atoms with van der Waals surface area (Å²) in [6, 6.07) is 0. The van der Waals surface area contributed by atoms with Gasteiger partial charge in [-0.15, -0.1) is 0 Å². The SMILES string of the molecule is [C]=C1C=CC(C(=O)OC)(C(=O)OC)C1. The van der Waals surface area contributed by atoms with Crippen LogP contribution in [0.5, 0.6) is 0 Å². The number of carbonyl (C=O) groups is 2. The van der Waals surface area contributed by atoms with Gasteiger partial charge in [0.15, 0.2) is 5.41 Å². The maximum absolute atomic E-state index is 11.4. The lowest BCUT2D eigenvalue weighted by molar-refractivity contribution is -0.164. The van der Waals surface area contributed by atoms with Crippen molar-refractivity contribution in [3.05, 3.63) is 24.3 Å². The molecule has 0 fully saturated rings. The number of hydrogen-bond acceptors (Lipinski definition) is 4. The lowest BCUT2D eigenvalue weighted by Gasteiger charge is -2.20. The van der Waals surface area contributed by atoms with E-state index in [0.717, 1.165) is 0 Å². The van der Waals surface area contributed by atoms with E-state index >= 15 is 0 Å². The summed E-state index contributed by atoms with van der Waals surface area (Å²) >= 11 is 0. The monoisotopic (exact) mass is 194 g/mol. The third-order valence-corrected chi connectivity index (χ3v) is 2.14. The Hall–Kier alpha value is -1.58. The van der Waals surface area contributed by atoms with E-state index in [0.29, 0.717) is 0 Å². The first-order valence-electron chi connectivity index (χ1n) is 4.00. The van der Waals surface area contributed by atoms with Crippen molar-refractivity contribution in [1.29, 1.82) is 0 Å². The first-order chi connectivity index (χ1) is 6.56. The maximum Gasteiger partial charge on any atom is 0.327 e. The van der Waals surface area contributed by atoms with Gasteiger partial charge in [0.05, 0.1) is 14.2 Å². The second kappa shape index (κ2) is 3.65. The number of carbonyl (C=O) groups excluding carboxylic acids is 2. The van der Waals surface area contributed by atoms with Crippen LogP contribution in [0.2, 0.25) is 0 Å². The van der Waals surface area contributed by atoms with E-state index in [1.165, 1.54) is 26.4 Å². The molecule has 0 saturated carbocycles. The fraction of sp³-hybridized carbons (Fsp3) is 0.400. The van der Waals surface area contributed by atoms with Gasteiger partial charge in [0.1, 0.15) is 0 Å². The number of ether oxygens (including phenoxy) is 2. The minimum Gasteiger partial charge on any atom is -0.468 e. The van der Waals surface area contributed by atoms with Crippen LogP contribution in [0.25, 0.3) is 0 Å². The molecule has 0 aromatic heterocycles. The van der Waals surface area contributed by atoms with Crippen molar-refractivity contribution in [3.63, 3.8) is 0 Å². The zero-order valence-electron chi connectivity index (χ0n) is 7.99. The molecule has 4 heteroatoms. The van der Waals surface area contributed by atoms with Gasteiger partial charge in [0.25, 0.3) is 0 Å². The quantitative estimate of drug-likeness (QED) is 0.475. The highest BCUT2D eigenvalue weighted by Gasteiger charge is 2.48. The molecule has 0 N–H and O–H groups in total. The zero-order chi connectivity index (χ0) is 10.8. The van der Waals surface area contributed by atoms with E-state index in [2.05, 4.69) is 9.47 Å². The van der Waals surface area contributed by atoms with Crippen LogP contribution in [-0.4, -0.2) is 26.2 Å². The van der Waals surface area contributed by atoms with Crippen LogP contribution in [-0.2, 0) is 19.1 Å². The Bertz CT molecular complexity index is 298. The van der Waals surface area contributed by atoms with Gasteiger partial charge < -0.3 is 9.47 Å². The van der Waals surface area contributed by atoms with Crippen LogP contribution >= 0.6 is 0 Å². The van der Waals surface area contributed by atoms with Crippen molar-refractivity contribution < 1.29 is 19.1 Å². The molecular weight excluding hydrogens is 184 g/mol. The molecular formula is C10H10O4. The second-order valence-electron chi connectivity index (χ2n) is 2.99. The Morgan fingerprint density at radius 1 is 1.36 bits per heavy atom. The van der Waals surface area contributed by atoms with Crippen molar-refractivity contribution in [2.24, 2.45) is 5.41 Å². The lowest BCUT2D eigenvalue weighted by Crippen LogP contribution is -2.38. The number of hydrogen-bond donors (Lipinski definition) is 0. The summed E-state index contributed by atoms with van der Waals surface area (Å²) in [4.78, 5) is 22.8. The first-order valence-corrected chi connectivity index (χ1v) is 4.00. The predicted molar refractivity (Wildman–Crippen MR) is 47.0 cm³/mol. The van der Waals surface area contributed by atoms with Gasteiger partial charge in [0, 0.05) is 6.42 Å². The summed E-state index contributed by atoms with van der Waals surface area (Å²) in [5.41, 5.74) is -1.23. The molecule has 1 aliphatic rings. The zero-order valence-corrected chi connectivity index (χ0v) is 7.99. The Morgan fingerprint density at radius 2 is 1.86 bits per heavy atom. The highest BCUT2D eigenvalue weighted by atomic mass is 16.5. The van der Waals surface area contributed by atoms with Gasteiger partial charge in [-0.1, -0.05) is 12.2 Å². The Labute approximate surface area is 82.2 Å². The van der Waals surface area contributed by atoms with Crippen molar-refractivity contribution in [3.8, 4) is 0 Å². The summed E-state index contributed by atoms with van der Waals surface area (Å²) in [7, 11) is 2.39. The Kier molecular flexibility index (Phi) is 2.74. The molecule has 0 unspecified atom stereocenters. The molecule has 0 bridgehead atoms. The minimum absolute atomic E-state index is 0.00630. The molecule has 0 aromatic carbocycles. The summed E-state index contributed by atoms with van der Waals surface area (Å²) < 4.78 is 9.04. The molecule has 0 amide bonds. The average Bonchev–Trinajstić information content (AvgIpc) is 2.59. The second-order valence-corrected chi connectivity index (χ2v) is 2.99. The van der Waals surface area contributed by atoms with Crippen LogP contribution in [0.15, 0.2) is 17.7 Å². The van der Waals surface area contributed by atoms with Crippen LogP contribution in [0.1, 0.15) is 6.42 Å². The van der Waals surface area contributed by atoms with E-state index in [1.807, 2.05) is 0 Å². The standard InChI is InChI=1S/C10H10O4/c1-7-4-5-10(6-7,8(11)13-2)9(12)14-3/h4-5H,6H2,2-3H3. The molecule has 0 saturated heterocycles. The van der Waals surface area contributed by atoms with E-state index in [4.69, 9.17) is 6.58 Å². The largest absolute Gasteiger partial charge is 0.468 e. The Balaban J connectivity index is 3.05. The number of allylic oxidation sites excluding steroid dienone is 2. The van der Waals surface area contributed by atoms with Crippen molar-refractivity contribution in [1.82, 2.24) is 0 Å². The summed E-state index contributed by atoms with van der Waals surface area (Å²) in [5, 5.41) is 0. The molecule has 1 rings (SSSR count). The summed E-state index contributed by atoms with van der Waals surface area (Å²) in [6.45, 7) is 7.34. The fourth-order valence-corrected chi connectivity index (χ4v) is 1.39. The van der Waals surface area contributed by atoms with Gasteiger partial charge in [-0.3, -0.25) is 9.59 Å². The van der Waals surface area contributed by atoms with E-state index < -0.39 is 17.4 Å². The number of methoxy groups -OCH3 is 2. The predicted octanol–water partition coefficient (Wildman–Crippen LogP) is 0.515. The van der Waals surface area contributed by atoms with Crippen LogP contribution in [0.3, 0.4) is 0 Å². The molecule has 0 heterocycles. The third kappa shape index (κ3) is 1.43. The van der Waals surface area contributed by atoms with E-state index in [9.17, 15) is 9.59 Å². The topological polar surface area (TPSA) is 52.6 Å². The van der Waals surface area contributed by atoms with Crippen molar-refractivity contribution in [2.45, 2.75) is 6.42 Å². The van der Waals surface area contributed by atoms with Crippen LogP contribution in [0, 0.1) is 12.0 Å². The normalized spacial score (nSPS) is 18.0. The average molecular weight is 194 g/mol. The van der Waals surface area contributed by atoms with Crippen molar-refractivity contribution >= 4 is 11.9 Å². The molecule has 0 aliphatic heterocycles. The minimum atomic E-state index is -1.44. The van der Waals surface area contributed by atoms with Gasteiger partial charge >= 0.3 is 11.9 Å². The molecule has 4 nitrogen and oxygen atoms in total. The van der Waals surface area contributed by atoms with Crippen LogP contribution < -0.4 is 0 Å². The highest BCUT2D eigenvalue weighted by molar-refractivity contribution is 6.03. The molecule has 2 radical (unpaired) electrons. The van der Waals surface area contributed by atoms with E-state index in [-0.39, 0.29) is 12.0 Å². The van der Waals surface area contributed by atoms with Gasteiger partial charge in [-0.05, 0) is 12.2 Å². The fourth-order valence-electron chi connectivity index (χ4n) is 1.39. The first kappa shape index (κ1) is 10.5. The lowest BCUT2D eigenvalue weighted by atomic mass is 9.87. The molecule has 74 valence electrons. The van der Waals surface area contributed by atoms with Gasteiger partial charge in [-0.25, -0.2) is 0 Å². The smallest absolute Gasteiger partial charge is 0.327 e. The molecule has 0 spiro atoms. The summed E-state index contributed by atoms with van der Waals surface area (Å²) in [6.07, 6.45) is 2.77. The Morgan fingerprint density at radius 3 is 2.14 bits per heavy atom. The van der Waals surface area contributed by atoms with E-state index in [1.54, 1.807) is 0 Å². The molecule has 14 heavy (non-hydrogen) atoms. The maximum atomic E-state index is 11.4. The molecule has 1 aliphatic carbocycles. The van der Waals surface area contributed by atoms with Crippen LogP contribution in [0.4, 0.5) is 0 Å². The van der Waals surface area contributed by atoms with Gasteiger partial charge in [0.2, 0.25) is 0 Å². The molecule has 0 atom stereocenters. The number of rotatable bonds is 2. The molecule has 0 aromatic rings. The number of esters is 2. The van der Waals surface area contributed by atoms with Crippen molar-refractivity contribution in [2.75, 3.05) is 14.2 Å². The highest BCUT2D eigenvalue weighted by Crippen LogP contribution is 2.36. The third-order valence-electron chi connectivity index (χ3n) is 2.14. The summed E-state index contributed by atoms with van der Waals surface area (Å²) in [5.74, 6) is -1.38.